The summed E-state index contributed by atoms with van der Waals surface area (Å²) < 4.78 is 1.73. The maximum Gasteiger partial charge on any atom is 0.251 e. The average Bonchev–Trinajstić information content (AvgIpc) is 3.21. The summed E-state index contributed by atoms with van der Waals surface area (Å²) in [6.07, 6.45) is 1.73. The molecule has 0 aliphatic heterocycles. The molecular formula is C24H25ClN6O. The number of hydrogen-bond acceptors (Lipinski definition) is 5. The lowest BCUT2D eigenvalue weighted by Crippen LogP contribution is -2.29. The molecule has 0 aliphatic carbocycles. The summed E-state index contributed by atoms with van der Waals surface area (Å²) in [4.78, 5) is 21.8. The van der Waals surface area contributed by atoms with Crippen molar-refractivity contribution in [2.45, 2.75) is 26.7 Å². The Morgan fingerprint density at radius 3 is 2.53 bits per heavy atom. The van der Waals surface area contributed by atoms with Crippen LogP contribution >= 0.6 is 11.6 Å². The molecule has 0 atom stereocenters. The van der Waals surface area contributed by atoms with E-state index < -0.39 is 0 Å². The summed E-state index contributed by atoms with van der Waals surface area (Å²) in [5, 5.41) is 12.2. The number of para-hydroxylation sites is 1. The van der Waals surface area contributed by atoms with Crippen molar-refractivity contribution >= 4 is 34.4 Å². The zero-order valence-corrected chi connectivity index (χ0v) is 19.0. The third-order valence-electron chi connectivity index (χ3n) is 5.06. The molecule has 164 valence electrons. The van der Waals surface area contributed by atoms with Gasteiger partial charge in [-0.15, -0.1) is 0 Å². The maximum atomic E-state index is 12.3. The zero-order chi connectivity index (χ0) is 22.7. The van der Waals surface area contributed by atoms with Gasteiger partial charge in [0.1, 0.15) is 11.6 Å². The lowest BCUT2D eigenvalue weighted by molar-refractivity contribution is 0.0955. The van der Waals surface area contributed by atoms with Crippen LogP contribution in [0, 0.1) is 6.92 Å². The lowest BCUT2D eigenvalue weighted by Gasteiger charge is -2.12. The highest BCUT2D eigenvalue weighted by molar-refractivity contribution is 6.32. The minimum Gasteiger partial charge on any atom is -0.368 e. The smallest absolute Gasteiger partial charge is 0.251 e. The van der Waals surface area contributed by atoms with Crippen LogP contribution < -0.4 is 10.6 Å². The van der Waals surface area contributed by atoms with Crippen LogP contribution in [0.5, 0.6) is 0 Å². The molecule has 0 bridgehead atoms. The number of halogens is 1. The second-order valence-corrected chi connectivity index (χ2v) is 8.29. The second kappa shape index (κ2) is 9.36. The molecule has 0 radical (unpaired) electrons. The van der Waals surface area contributed by atoms with Gasteiger partial charge >= 0.3 is 0 Å². The van der Waals surface area contributed by atoms with Crippen molar-refractivity contribution < 1.29 is 4.79 Å². The van der Waals surface area contributed by atoms with E-state index >= 15 is 0 Å². The van der Waals surface area contributed by atoms with Gasteiger partial charge in [-0.05, 0) is 31.2 Å². The predicted octanol–water partition coefficient (Wildman–Crippen LogP) is 4.74. The van der Waals surface area contributed by atoms with Crippen molar-refractivity contribution in [3.8, 4) is 5.69 Å². The number of nitrogens with one attached hydrogen (secondary N) is 2. The van der Waals surface area contributed by atoms with E-state index in [9.17, 15) is 4.79 Å². The maximum absolute atomic E-state index is 12.3. The standard InChI is InChI=1S/C24H25ClN6O/c1-15(2)21-29-22(26-12-13-27-24(32)17-10-8-16(3)9-11-17)18-14-28-31(23(18)30-21)20-7-5-4-6-19(20)25/h4-11,14-15H,12-13H2,1-3H3,(H,27,32)(H,26,29,30). The molecule has 0 fully saturated rings. The largest absolute Gasteiger partial charge is 0.368 e. The SMILES string of the molecule is Cc1ccc(C(=O)NCCNc2nc(C(C)C)nc3c2cnn3-c2ccccc2Cl)cc1. The number of benzene rings is 2. The summed E-state index contributed by atoms with van der Waals surface area (Å²) in [5.41, 5.74) is 3.20. The number of rotatable bonds is 7. The van der Waals surface area contributed by atoms with E-state index in [1.807, 2.05) is 69.3 Å². The summed E-state index contributed by atoms with van der Waals surface area (Å²) in [5.74, 6) is 1.42. The van der Waals surface area contributed by atoms with Crippen molar-refractivity contribution in [2.75, 3.05) is 18.4 Å². The molecule has 4 aromatic rings. The first-order chi connectivity index (χ1) is 15.4. The predicted molar refractivity (Wildman–Crippen MR) is 128 cm³/mol. The normalized spacial score (nSPS) is 11.2. The quantitative estimate of drug-likeness (QED) is 0.399. The van der Waals surface area contributed by atoms with E-state index in [0.29, 0.717) is 41.0 Å². The number of amides is 1. The van der Waals surface area contributed by atoms with Gasteiger partial charge < -0.3 is 10.6 Å². The molecule has 0 spiro atoms. The number of carbonyl (C=O) groups is 1. The third kappa shape index (κ3) is 4.57. The van der Waals surface area contributed by atoms with E-state index in [1.165, 1.54) is 0 Å². The number of hydrogen-bond donors (Lipinski definition) is 2. The van der Waals surface area contributed by atoms with Crippen molar-refractivity contribution in [1.29, 1.82) is 0 Å². The van der Waals surface area contributed by atoms with Crippen LogP contribution in [0.2, 0.25) is 5.02 Å². The molecule has 0 aliphatic rings. The molecule has 1 amide bonds. The van der Waals surface area contributed by atoms with Crippen LogP contribution in [0.3, 0.4) is 0 Å². The van der Waals surface area contributed by atoms with Gasteiger partial charge in [0.25, 0.3) is 5.91 Å². The van der Waals surface area contributed by atoms with Gasteiger partial charge in [-0.1, -0.05) is 55.3 Å². The topological polar surface area (TPSA) is 84.7 Å². The van der Waals surface area contributed by atoms with E-state index in [0.717, 1.165) is 16.6 Å². The Morgan fingerprint density at radius 2 is 1.81 bits per heavy atom. The first-order valence-electron chi connectivity index (χ1n) is 10.5. The molecule has 8 heteroatoms. The summed E-state index contributed by atoms with van der Waals surface area (Å²) in [6, 6.07) is 15.0. The molecule has 2 aromatic carbocycles. The molecule has 4 rings (SSSR count). The van der Waals surface area contributed by atoms with E-state index in [4.69, 9.17) is 21.6 Å². The molecule has 32 heavy (non-hydrogen) atoms. The fourth-order valence-electron chi connectivity index (χ4n) is 3.28. The van der Waals surface area contributed by atoms with Gasteiger partial charge in [0, 0.05) is 24.6 Å². The van der Waals surface area contributed by atoms with Crippen LogP contribution in [-0.2, 0) is 0 Å². The van der Waals surface area contributed by atoms with Gasteiger partial charge in [-0.3, -0.25) is 4.79 Å². The third-order valence-corrected chi connectivity index (χ3v) is 5.38. The first kappa shape index (κ1) is 21.8. The Bertz CT molecular complexity index is 1250. The van der Waals surface area contributed by atoms with Crippen LogP contribution in [-0.4, -0.2) is 38.7 Å². The van der Waals surface area contributed by atoms with E-state index in [2.05, 4.69) is 15.7 Å². The van der Waals surface area contributed by atoms with Gasteiger partial charge in [0.15, 0.2) is 5.65 Å². The van der Waals surface area contributed by atoms with Gasteiger partial charge in [0.05, 0.1) is 22.3 Å². The molecule has 2 N–H and O–H groups in total. The van der Waals surface area contributed by atoms with Crippen molar-refractivity contribution in [3.05, 3.63) is 76.7 Å². The number of carbonyl (C=O) groups excluding carboxylic acids is 1. The fourth-order valence-corrected chi connectivity index (χ4v) is 3.50. The fraction of sp³-hybridized carbons (Fsp3) is 0.250. The van der Waals surface area contributed by atoms with Crippen LogP contribution in [0.25, 0.3) is 16.7 Å². The molecule has 2 heterocycles. The Morgan fingerprint density at radius 1 is 1.06 bits per heavy atom. The van der Waals surface area contributed by atoms with Crippen LogP contribution in [0.15, 0.2) is 54.7 Å². The number of anilines is 1. The van der Waals surface area contributed by atoms with Gasteiger partial charge in [-0.2, -0.15) is 5.10 Å². The Balaban J connectivity index is 1.54. The highest BCUT2D eigenvalue weighted by atomic mass is 35.5. The number of nitrogens with zero attached hydrogens (tertiary/aromatic N) is 4. The van der Waals surface area contributed by atoms with Crippen LogP contribution in [0.4, 0.5) is 5.82 Å². The van der Waals surface area contributed by atoms with Gasteiger partial charge in [0.2, 0.25) is 0 Å². The molecule has 2 aromatic heterocycles. The molecule has 7 nitrogen and oxygen atoms in total. The van der Waals surface area contributed by atoms with E-state index in [-0.39, 0.29) is 11.8 Å². The number of aromatic nitrogens is 4. The van der Waals surface area contributed by atoms with Crippen molar-refractivity contribution in [2.24, 2.45) is 0 Å². The molecule has 0 saturated carbocycles. The van der Waals surface area contributed by atoms with Gasteiger partial charge in [-0.25, -0.2) is 14.6 Å². The molecule has 0 saturated heterocycles. The summed E-state index contributed by atoms with van der Waals surface area (Å²) >= 11 is 6.39. The monoisotopic (exact) mass is 448 g/mol. The minimum absolute atomic E-state index is 0.103. The second-order valence-electron chi connectivity index (χ2n) is 7.88. The Kier molecular flexibility index (Phi) is 6.37. The lowest BCUT2D eigenvalue weighted by atomic mass is 10.1. The van der Waals surface area contributed by atoms with Crippen LogP contribution in [0.1, 0.15) is 41.5 Å². The summed E-state index contributed by atoms with van der Waals surface area (Å²) in [7, 11) is 0. The molecule has 0 unspecified atom stereocenters. The minimum atomic E-state index is -0.103. The zero-order valence-electron chi connectivity index (χ0n) is 18.3. The number of aryl methyl sites for hydroxylation is 1. The Labute approximate surface area is 191 Å². The molecular weight excluding hydrogens is 424 g/mol. The highest BCUT2D eigenvalue weighted by Crippen LogP contribution is 2.27. The van der Waals surface area contributed by atoms with E-state index in [1.54, 1.807) is 10.9 Å². The Hall–Kier alpha value is -3.45. The van der Waals surface area contributed by atoms with Crippen molar-refractivity contribution in [3.63, 3.8) is 0 Å². The average molecular weight is 449 g/mol. The first-order valence-corrected chi connectivity index (χ1v) is 10.9. The number of fused-ring (bicyclic) bond motifs is 1. The van der Waals surface area contributed by atoms with Crippen molar-refractivity contribution in [1.82, 2.24) is 25.1 Å². The highest BCUT2D eigenvalue weighted by Gasteiger charge is 2.16. The summed E-state index contributed by atoms with van der Waals surface area (Å²) in [6.45, 7) is 7.05.